The van der Waals surface area contributed by atoms with Gasteiger partial charge in [-0.1, -0.05) is 36.4 Å². The van der Waals surface area contributed by atoms with E-state index in [4.69, 9.17) is 0 Å². The van der Waals surface area contributed by atoms with Gasteiger partial charge < -0.3 is 5.11 Å². The minimum absolute atomic E-state index is 0.290. The van der Waals surface area contributed by atoms with Crippen LogP contribution in [-0.4, -0.2) is 19.6 Å². The van der Waals surface area contributed by atoms with Crippen LogP contribution >= 0.6 is 11.3 Å². The van der Waals surface area contributed by atoms with E-state index >= 15 is 0 Å². The smallest absolute Gasteiger partial charge is 0.250 e. The Morgan fingerprint density at radius 3 is 2.50 bits per heavy atom. The number of nitrogens with one attached hydrogen (secondary N) is 1. The first-order valence-electron chi connectivity index (χ1n) is 6.28. The predicted octanol–water partition coefficient (Wildman–Crippen LogP) is 2.54. The summed E-state index contributed by atoms with van der Waals surface area (Å²) in [6.07, 6.45) is -0.355. The van der Waals surface area contributed by atoms with E-state index in [0.717, 1.165) is 5.56 Å². The molecule has 0 spiro atoms. The maximum Gasteiger partial charge on any atom is 0.250 e. The number of aliphatic hydroxyl groups excluding tert-OH is 1. The van der Waals surface area contributed by atoms with Gasteiger partial charge >= 0.3 is 0 Å². The molecule has 20 heavy (non-hydrogen) atoms. The molecule has 2 rings (SSSR count). The van der Waals surface area contributed by atoms with Crippen molar-refractivity contribution in [3.63, 3.8) is 0 Å². The summed E-state index contributed by atoms with van der Waals surface area (Å²) < 4.78 is 27.0. The summed E-state index contributed by atoms with van der Waals surface area (Å²) >= 11 is 1.17. The summed E-state index contributed by atoms with van der Waals surface area (Å²) in [6, 6.07) is 12.1. The van der Waals surface area contributed by atoms with E-state index in [1.807, 2.05) is 30.3 Å². The molecule has 1 heterocycles. The largest absolute Gasteiger partial charge is 0.388 e. The van der Waals surface area contributed by atoms with Crippen molar-refractivity contribution in [3.05, 3.63) is 53.4 Å². The van der Waals surface area contributed by atoms with Crippen LogP contribution in [0.15, 0.2) is 52.1 Å². The van der Waals surface area contributed by atoms with Gasteiger partial charge in [-0.3, -0.25) is 0 Å². The standard InChI is InChI=1S/C14H17NO3S2/c1-11(10-13(16)12-6-3-2-4-7-12)15-20(17,18)14-8-5-9-19-14/h2-9,11,13,15-16H,10H2,1H3. The van der Waals surface area contributed by atoms with Gasteiger partial charge in [-0.25, -0.2) is 13.1 Å². The van der Waals surface area contributed by atoms with Crippen LogP contribution in [-0.2, 0) is 10.0 Å². The Morgan fingerprint density at radius 1 is 1.20 bits per heavy atom. The van der Waals surface area contributed by atoms with Crippen molar-refractivity contribution in [2.75, 3.05) is 0 Å². The highest BCUT2D eigenvalue weighted by Gasteiger charge is 2.20. The first kappa shape index (κ1) is 15.2. The number of hydrogen-bond donors (Lipinski definition) is 2. The monoisotopic (exact) mass is 311 g/mol. The molecule has 0 amide bonds. The molecule has 0 aliphatic heterocycles. The Balaban J connectivity index is 1.98. The van der Waals surface area contributed by atoms with Crippen LogP contribution < -0.4 is 4.72 Å². The van der Waals surface area contributed by atoms with Crippen molar-refractivity contribution in [3.8, 4) is 0 Å². The van der Waals surface area contributed by atoms with E-state index in [0.29, 0.717) is 10.6 Å². The minimum Gasteiger partial charge on any atom is -0.388 e. The molecule has 0 saturated carbocycles. The fourth-order valence-corrected chi connectivity index (χ4v) is 4.20. The van der Waals surface area contributed by atoms with E-state index < -0.39 is 16.1 Å². The molecular weight excluding hydrogens is 294 g/mol. The van der Waals surface area contributed by atoms with E-state index in [9.17, 15) is 13.5 Å². The average molecular weight is 311 g/mol. The van der Waals surface area contributed by atoms with E-state index in [2.05, 4.69) is 4.72 Å². The highest BCUT2D eigenvalue weighted by Crippen LogP contribution is 2.20. The molecule has 1 aromatic carbocycles. The zero-order valence-corrected chi connectivity index (χ0v) is 12.7. The van der Waals surface area contributed by atoms with Crippen LogP contribution in [0.5, 0.6) is 0 Å². The second-order valence-electron chi connectivity index (χ2n) is 4.62. The highest BCUT2D eigenvalue weighted by molar-refractivity contribution is 7.91. The minimum atomic E-state index is -3.49. The lowest BCUT2D eigenvalue weighted by Gasteiger charge is -2.17. The maximum atomic E-state index is 12.0. The summed E-state index contributed by atoms with van der Waals surface area (Å²) in [5.74, 6) is 0. The SMILES string of the molecule is CC(CC(O)c1ccccc1)NS(=O)(=O)c1cccs1. The molecule has 2 unspecified atom stereocenters. The zero-order chi connectivity index (χ0) is 14.6. The fourth-order valence-electron chi connectivity index (χ4n) is 1.93. The Labute approximate surface area is 123 Å². The Kier molecular flexibility index (Phi) is 4.93. The predicted molar refractivity (Wildman–Crippen MR) is 80.1 cm³/mol. The van der Waals surface area contributed by atoms with E-state index in [1.165, 1.54) is 11.3 Å². The Bertz CT molecular complexity index is 624. The van der Waals surface area contributed by atoms with Crippen molar-refractivity contribution in [2.24, 2.45) is 0 Å². The van der Waals surface area contributed by atoms with Crippen molar-refractivity contribution >= 4 is 21.4 Å². The number of thiophene rings is 1. The molecule has 108 valence electrons. The molecule has 0 saturated heterocycles. The third-order valence-electron chi connectivity index (χ3n) is 2.88. The third-order valence-corrected chi connectivity index (χ3v) is 5.86. The lowest BCUT2D eigenvalue weighted by molar-refractivity contribution is 0.158. The normalized spacial score (nSPS) is 14.9. The lowest BCUT2D eigenvalue weighted by Crippen LogP contribution is -2.33. The molecule has 0 bridgehead atoms. The fraction of sp³-hybridized carbons (Fsp3) is 0.286. The first-order valence-corrected chi connectivity index (χ1v) is 8.64. The van der Waals surface area contributed by atoms with E-state index in [1.54, 1.807) is 24.4 Å². The van der Waals surface area contributed by atoms with Gasteiger partial charge in [0.15, 0.2) is 0 Å². The molecule has 2 aromatic rings. The number of sulfonamides is 1. The summed E-state index contributed by atoms with van der Waals surface area (Å²) in [5, 5.41) is 11.8. The van der Waals surface area contributed by atoms with Gasteiger partial charge in [0.25, 0.3) is 0 Å². The van der Waals surface area contributed by atoms with Gasteiger partial charge in [0.05, 0.1) is 6.10 Å². The molecule has 1 aromatic heterocycles. The van der Waals surface area contributed by atoms with Gasteiger partial charge in [0, 0.05) is 6.04 Å². The molecule has 0 radical (unpaired) electrons. The van der Waals surface area contributed by atoms with Gasteiger partial charge in [0.1, 0.15) is 4.21 Å². The average Bonchev–Trinajstić information content (AvgIpc) is 2.93. The van der Waals surface area contributed by atoms with Crippen molar-refractivity contribution in [2.45, 2.75) is 29.7 Å². The highest BCUT2D eigenvalue weighted by atomic mass is 32.2. The number of hydrogen-bond acceptors (Lipinski definition) is 4. The zero-order valence-electron chi connectivity index (χ0n) is 11.1. The van der Waals surface area contributed by atoms with Crippen LogP contribution in [0.4, 0.5) is 0 Å². The van der Waals surface area contributed by atoms with Crippen LogP contribution in [0.2, 0.25) is 0 Å². The second-order valence-corrected chi connectivity index (χ2v) is 7.51. The molecule has 4 nitrogen and oxygen atoms in total. The topological polar surface area (TPSA) is 66.4 Å². The summed E-state index contributed by atoms with van der Waals surface area (Å²) in [6.45, 7) is 1.75. The van der Waals surface area contributed by atoms with Crippen LogP contribution in [0.3, 0.4) is 0 Å². The van der Waals surface area contributed by atoms with Crippen molar-refractivity contribution < 1.29 is 13.5 Å². The van der Waals surface area contributed by atoms with Gasteiger partial charge in [-0.15, -0.1) is 11.3 Å². The summed E-state index contributed by atoms with van der Waals surface area (Å²) in [5.41, 5.74) is 0.787. The van der Waals surface area contributed by atoms with Crippen molar-refractivity contribution in [1.82, 2.24) is 4.72 Å². The molecule has 2 atom stereocenters. The number of benzene rings is 1. The van der Waals surface area contributed by atoms with Crippen molar-refractivity contribution in [1.29, 1.82) is 0 Å². The molecule has 0 aliphatic rings. The number of rotatable bonds is 6. The Morgan fingerprint density at radius 2 is 1.90 bits per heavy atom. The first-order chi connectivity index (χ1) is 9.49. The molecule has 6 heteroatoms. The summed E-state index contributed by atoms with van der Waals surface area (Å²) in [4.78, 5) is 0. The summed E-state index contributed by atoms with van der Waals surface area (Å²) in [7, 11) is -3.49. The van der Waals surface area contributed by atoms with E-state index in [-0.39, 0.29) is 6.04 Å². The third kappa shape index (κ3) is 3.89. The molecule has 0 fully saturated rings. The van der Waals surface area contributed by atoms with Gasteiger partial charge in [-0.2, -0.15) is 0 Å². The maximum absolute atomic E-state index is 12.0. The quantitative estimate of drug-likeness (QED) is 0.861. The van der Waals surface area contributed by atoms with Gasteiger partial charge in [-0.05, 0) is 30.4 Å². The molecular formula is C14H17NO3S2. The number of aliphatic hydroxyl groups is 1. The van der Waals surface area contributed by atoms with Gasteiger partial charge in [0.2, 0.25) is 10.0 Å². The molecule has 0 aliphatic carbocycles. The molecule has 2 N–H and O–H groups in total. The van der Waals surface area contributed by atoms with Crippen LogP contribution in [0.1, 0.15) is 25.0 Å². The Hall–Kier alpha value is -1.21. The second kappa shape index (κ2) is 6.49. The van der Waals surface area contributed by atoms with Crippen LogP contribution in [0, 0.1) is 0 Å². The van der Waals surface area contributed by atoms with Crippen LogP contribution in [0.25, 0.3) is 0 Å². The lowest BCUT2D eigenvalue weighted by atomic mass is 10.0.